The largest absolute Gasteiger partial charge is 0.343 e. The minimum Gasteiger partial charge on any atom is -0.343 e. The standard InChI is InChI=1S/C40H42Br2N6O2/c1-5-7-9-11-25-47(31-17-13-29(41)14-18-31)43-27-33-21-23-35(45(33)3)37-39(49)38(40(37)50)36-24-22-34(46(36)4)28-44-48(26-12-10-8-6-2)32-19-15-30(42)16-20-32/h5-6,13-24,27-28H,1-2,7-12,25-26H2,3-4H3/p+1. The molecule has 0 radical (unpaired) electrons. The number of hydrazine groups is 1. The number of anilines is 1. The molecule has 258 valence electrons. The van der Waals surface area contributed by atoms with Crippen molar-refractivity contribution in [1.82, 2.24) is 14.6 Å². The lowest BCUT2D eigenvalue weighted by Gasteiger charge is -2.24. The molecule has 10 heteroatoms. The highest BCUT2D eigenvalue weighted by Gasteiger charge is 2.14. The maximum Gasteiger partial charge on any atom is 0.232 e. The first-order valence-electron chi connectivity index (χ1n) is 16.8. The molecule has 0 unspecified atom stereocenters. The molecule has 0 fully saturated rings. The quantitative estimate of drug-likeness (QED) is 0.0405. The first-order valence-corrected chi connectivity index (χ1v) is 18.4. The number of unbranched alkanes of at least 4 members (excludes halogenated alkanes) is 4. The Hall–Kier alpha value is -4.54. The lowest BCUT2D eigenvalue weighted by Crippen LogP contribution is -2.37. The summed E-state index contributed by atoms with van der Waals surface area (Å²) >= 11 is 7.02. The number of rotatable bonds is 15. The van der Waals surface area contributed by atoms with Crippen molar-refractivity contribution in [3.63, 3.8) is 0 Å². The second kappa shape index (κ2) is 17.4. The zero-order valence-electron chi connectivity index (χ0n) is 28.6. The Bertz CT molecular complexity index is 2350. The second-order valence-corrected chi connectivity index (χ2v) is 14.0. The zero-order valence-corrected chi connectivity index (χ0v) is 31.8. The van der Waals surface area contributed by atoms with Gasteiger partial charge < -0.3 is 14.6 Å². The van der Waals surface area contributed by atoms with Crippen LogP contribution in [0.2, 0.25) is 0 Å². The number of benzene rings is 2. The number of hydrogen-bond donors (Lipinski definition) is 1. The van der Waals surface area contributed by atoms with E-state index in [9.17, 15) is 9.59 Å². The van der Waals surface area contributed by atoms with Crippen molar-refractivity contribution < 1.29 is 4.70 Å². The molecule has 8 nitrogen and oxygen atoms in total. The van der Waals surface area contributed by atoms with Gasteiger partial charge in [-0.2, -0.15) is 0 Å². The summed E-state index contributed by atoms with van der Waals surface area (Å²) in [5, 5.41) is 10.1. The Kier molecular flexibility index (Phi) is 12.8. The van der Waals surface area contributed by atoms with Crippen LogP contribution in [0.3, 0.4) is 0 Å². The molecule has 0 atom stereocenters. The molecule has 0 aliphatic heterocycles. The number of nitrogens with zero attached hydrogens (tertiary/aromatic N) is 5. The molecule has 0 saturated carbocycles. The number of hydrogen-bond acceptors (Lipinski definition) is 5. The van der Waals surface area contributed by atoms with Crippen LogP contribution in [-0.2, 0) is 14.1 Å². The molecule has 2 heterocycles. The van der Waals surface area contributed by atoms with Crippen molar-refractivity contribution in [3.05, 3.63) is 159 Å². The van der Waals surface area contributed by atoms with Gasteiger partial charge in [0.1, 0.15) is 6.20 Å². The first kappa shape index (κ1) is 36.7. The van der Waals surface area contributed by atoms with Crippen molar-refractivity contribution in [1.29, 1.82) is 0 Å². The Balaban J connectivity index is 1.50. The third-order valence-electron chi connectivity index (χ3n) is 8.77. The van der Waals surface area contributed by atoms with Gasteiger partial charge in [0, 0.05) is 54.3 Å². The molecule has 1 N–H and O–H groups in total. The molecular formula is C40H43Br2N6O2+. The van der Waals surface area contributed by atoms with Gasteiger partial charge in [-0.15, -0.1) is 13.2 Å². The highest BCUT2D eigenvalue weighted by atomic mass is 79.9. The van der Waals surface area contributed by atoms with Gasteiger partial charge >= 0.3 is 0 Å². The van der Waals surface area contributed by atoms with E-state index in [2.05, 4.69) is 67.6 Å². The van der Waals surface area contributed by atoms with Crippen LogP contribution in [0.15, 0.2) is 122 Å². The summed E-state index contributed by atoms with van der Waals surface area (Å²) in [5.41, 5.74) is 4.94. The molecule has 0 amide bonds. The average molecular weight is 800 g/mol. The van der Waals surface area contributed by atoms with Crippen LogP contribution in [0.25, 0.3) is 12.4 Å². The SMILES string of the molecule is C=CCCCCN(NC=c1ccc(=c2c(=O)c(=c3cc/c(=C\N=[N+](CCCCC=C)c4ccc(Br)cc4)n3C)c2=O)n1C)c1ccc(Br)cc1. The molecule has 0 spiro atoms. The molecule has 5 aromatic rings. The van der Waals surface area contributed by atoms with Crippen LogP contribution in [0.1, 0.15) is 38.5 Å². The van der Waals surface area contributed by atoms with E-state index in [0.29, 0.717) is 10.7 Å². The van der Waals surface area contributed by atoms with Gasteiger partial charge in [0.25, 0.3) is 0 Å². The summed E-state index contributed by atoms with van der Waals surface area (Å²) in [6.45, 7) is 9.20. The van der Waals surface area contributed by atoms with Gasteiger partial charge in [0.15, 0.2) is 6.54 Å². The van der Waals surface area contributed by atoms with Crippen molar-refractivity contribution in [2.75, 3.05) is 18.1 Å². The molecule has 0 saturated heterocycles. The molecule has 50 heavy (non-hydrogen) atoms. The molecule has 0 bridgehead atoms. The topological polar surface area (TPSA) is 74.6 Å². The Labute approximate surface area is 308 Å². The second-order valence-electron chi connectivity index (χ2n) is 12.1. The van der Waals surface area contributed by atoms with E-state index in [4.69, 9.17) is 5.11 Å². The van der Waals surface area contributed by atoms with Gasteiger partial charge in [-0.25, -0.2) is 0 Å². The highest BCUT2D eigenvalue weighted by molar-refractivity contribution is 9.10. The zero-order chi connectivity index (χ0) is 35.6. The summed E-state index contributed by atoms with van der Waals surface area (Å²) < 4.78 is 7.72. The van der Waals surface area contributed by atoms with Crippen LogP contribution in [-0.4, -0.2) is 26.9 Å². The highest BCUT2D eigenvalue weighted by Crippen LogP contribution is 2.19. The van der Waals surface area contributed by atoms with Gasteiger partial charge in [-0.3, -0.25) is 14.6 Å². The predicted octanol–water partition coefficient (Wildman–Crippen LogP) is 7.05. The van der Waals surface area contributed by atoms with E-state index in [-0.39, 0.29) is 21.3 Å². The fraction of sp³-hybridized carbons (Fsp3) is 0.250. The Morgan fingerprint density at radius 2 is 1.28 bits per heavy atom. The number of allylic oxidation sites excluding steroid dienone is 2. The summed E-state index contributed by atoms with van der Waals surface area (Å²) in [7, 11) is 3.72. The maximum absolute atomic E-state index is 13.6. The molecular weight excluding hydrogens is 756 g/mol. The van der Waals surface area contributed by atoms with E-state index in [1.165, 1.54) is 0 Å². The molecule has 0 aliphatic rings. The van der Waals surface area contributed by atoms with Crippen LogP contribution in [0, 0.1) is 21.1 Å². The Morgan fingerprint density at radius 1 is 0.740 bits per heavy atom. The van der Waals surface area contributed by atoms with Crippen LogP contribution in [0.4, 0.5) is 11.4 Å². The third-order valence-corrected chi connectivity index (χ3v) is 9.83. The van der Waals surface area contributed by atoms with E-state index in [1.54, 1.807) is 6.20 Å². The first-order chi connectivity index (χ1) is 24.2. The summed E-state index contributed by atoms with van der Waals surface area (Å²) in [6, 6.07) is 23.6. The minimum atomic E-state index is -0.252. The monoisotopic (exact) mass is 797 g/mol. The number of azo groups is 2. The number of halogens is 2. The summed E-state index contributed by atoms with van der Waals surface area (Å²) in [4.78, 5) is 27.2. The van der Waals surface area contributed by atoms with Gasteiger partial charge in [0.2, 0.25) is 16.5 Å². The van der Waals surface area contributed by atoms with E-state index in [1.807, 2.05) is 107 Å². The molecule has 3 aromatic carbocycles. The normalized spacial score (nSPS) is 12.5. The van der Waals surface area contributed by atoms with Crippen LogP contribution >= 0.6 is 31.9 Å². The maximum atomic E-state index is 13.6. The lowest BCUT2D eigenvalue weighted by molar-refractivity contribution is -0.507. The molecule has 0 aliphatic carbocycles. The van der Waals surface area contributed by atoms with Crippen molar-refractivity contribution in [2.24, 2.45) is 19.2 Å². The average Bonchev–Trinajstić information content (AvgIpc) is 3.65. The van der Waals surface area contributed by atoms with Crippen molar-refractivity contribution in [3.8, 4) is 0 Å². The number of aromatic nitrogens is 2. The predicted molar refractivity (Wildman–Crippen MR) is 210 cm³/mol. The summed E-state index contributed by atoms with van der Waals surface area (Å²) in [5.74, 6) is 0. The van der Waals surface area contributed by atoms with Gasteiger partial charge in [-0.1, -0.05) is 48.7 Å². The fourth-order valence-corrected chi connectivity index (χ4v) is 6.36. The van der Waals surface area contributed by atoms with E-state index in [0.717, 1.165) is 82.6 Å². The lowest BCUT2D eigenvalue weighted by atomic mass is 10.1. The van der Waals surface area contributed by atoms with Crippen molar-refractivity contribution in [2.45, 2.75) is 38.5 Å². The molecule has 5 rings (SSSR count). The minimum absolute atomic E-state index is 0.196. The van der Waals surface area contributed by atoms with Gasteiger partial charge in [-0.05, 0) is 97.9 Å². The number of nitrogens with one attached hydrogen (secondary N) is 1. The van der Waals surface area contributed by atoms with Crippen LogP contribution in [0.5, 0.6) is 0 Å². The van der Waals surface area contributed by atoms with Crippen LogP contribution < -0.4 is 32.0 Å². The third kappa shape index (κ3) is 8.60. The van der Waals surface area contributed by atoms with E-state index >= 15 is 0 Å². The summed E-state index contributed by atoms with van der Waals surface area (Å²) in [6.07, 6.45) is 13.5. The van der Waals surface area contributed by atoms with Crippen molar-refractivity contribution >= 4 is 55.6 Å². The molecule has 2 aromatic heterocycles. The van der Waals surface area contributed by atoms with Gasteiger partial charge in [0.05, 0.1) is 37.5 Å². The Morgan fingerprint density at radius 3 is 1.88 bits per heavy atom. The van der Waals surface area contributed by atoms with E-state index < -0.39 is 0 Å². The smallest absolute Gasteiger partial charge is 0.232 e. The fourth-order valence-electron chi connectivity index (χ4n) is 5.83.